The standard InChI is InChI=1S/C45H48Si3.2CH3.Hf/c1-46(2,3)38-23-19-34(20-24-38)42-17-11-15-36-29-40(31-44(36)42)48(7,28-27-33-13-9-8-10-14-33)41-30-37-16-12-18-43(45(37)32-41)35-21-25-39(26-22-35)47(4,5)6;;;/h8-26,29-32H,27-28H2,1-7H3;2*1H3;/q-2;2*-1;+4. The Morgan fingerprint density at radius 3 is 1.27 bits per heavy atom. The minimum Gasteiger partial charge on any atom is -0.358 e. The molecule has 0 N–H and O–H groups in total. The summed E-state index contributed by atoms with van der Waals surface area (Å²) in [6, 6.07) is 55.0. The zero-order valence-corrected chi connectivity index (χ0v) is 38.8. The predicted octanol–water partition coefficient (Wildman–Crippen LogP) is 11.2. The van der Waals surface area contributed by atoms with Crippen molar-refractivity contribution in [2.75, 3.05) is 0 Å². The fraction of sp³-hybridized carbons (Fsp3) is 0.191. The van der Waals surface area contributed by atoms with Crippen molar-refractivity contribution in [3.05, 3.63) is 160 Å². The van der Waals surface area contributed by atoms with Crippen molar-refractivity contribution >= 4 is 66.5 Å². The third-order valence-electron chi connectivity index (χ3n) is 10.7. The van der Waals surface area contributed by atoms with Crippen LogP contribution >= 0.6 is 0 Å². The second kappa shape index (κ2) is 15.8. The van der Waals surface area contributed by atoms with Crippen molar-refractivity contribution in [2.45, 2.75) is 58.3 Å². The Balaban J connectivity index is 0.00000194. The largest absolute Gasteiger partial charge is 4.00 e. The third-order valence-corrected chi connectivity index (χ3v) is 19.2. The molecule has 0 fully saturated rings. The van der Waals surface area contributed by atoms with Gasteiger partial charge in [0.15, 0.2) is 0 Å². The zero-order valence-electron chi connectivity index (χ0n) is 32.2. The molecular weight excluding hydrogens is 827 g/mol. The van der Waals surface area contributed by atoms with Crippen LogP contribution < -0.4 is 20.7 Å². The number of hydrogen-bond donors (Lipinski definition) is 0. The maximum atomic E-state index is 2.61. The van der Waals surface area contributed by atoms with Crippen molar-refractivity contribution in [2.24, 2.45) is 0 Å². The van der Waals surface area contributed by atoms with E-state index in [2.05, 4.69) is 185 Å². The van der Waals surface area contributed by atoms with E-state index >= 15 is 0 Å². The summed E-state index contributed by atoms with van der Waals surface area (Å²) in [4.78, 5) is 0. The molecule has 0 atom stereocenters. The van der Waals surface area contributed by atoms with Gasteiger partial charge in [-0.05, 0) is 29.2 Å². The van der Waals surface area contributed by atoms with Crippen LogP contribution in [0.4, 0.5) is 0 Å². The first-order valence-corrected chi connectivity index (χ1v) is 27.3. The molecule has 51 heavy (non-hydrogen) atoms. The van der Waals surface area contributed by atoms with E-state index in [0.717, 1.165) is 6.42 Å². The number of aryl methyl sites for hydroxylation is 1. The van der Waals surface area contributed by atoms with Gasteiger partial charge >= 0.3 is 25.8 Å². The molecule has 0 amide bonds. The molecule has 0 saturated heterocycles. The van der Waals surface area contributed by atoms with Gasteiger partial charge in [-0.3, -0.25) is 0 Å². The van der Waals surface area contributed by atoms with E-state index in [1.807, 2.05) is 0 Å². The van der Waals surface area contributed by atoms with E-state index in [-0.39, 0.29) is 40.7 Å². The Bertz CT molecular complexity index is 2050. The average molecular weight is 882 g/mol. The molecule has 0 unspecified atom stereocenters. The van der Waals surface area contributed by atoms with Crippen molar-refractivity contribution < 1.29 is 25.8 Å². The van der Waals surface area contributed by atoms with Crippen molar-refractivity contribution in [1.29, 1.82) is 0 Å². The van der Waals surface area contributed by atoms with Gasteiger partial charge in [-0.1, -0.05) is 158 Å². The third kappa shape index (κ3) is 8.25. The van der Waals surface area contributed by atoms with Crippen molar-refractivity contribution in [3.8, 4) is 22.3 Å². The molecule has 0 radical (unpaired) electrons. The Morgan fingerprint density at radius 2 is 0.882 bits per heavy atom. The van der Waals surface area contributed by atoms with Gasteiger partial charge in [-0.15, -0.1) is 68.3 Å². The first-order valence-electron chi connectivity index (χ1n) is 17.6. The van der Waals surface area contributed by atoms with Crippen LogP contribution in [0.2, 0.25) is 51.9 Å². The summed E-state index contributed by atoms with van der Waals surface area (Å²) in [6.07, 6.45) is 1.09. The fourth-order valence-corrected chi connectivity index (χ4v) is 13.3. The van der Waals surface area contributed by atoms with Crippen LogP contribution in [0.5, 0.6) is 0 Å². The Morgan fingerprint density at radius 1 is 0.471 bits per heavy atom. The monoisotopic (exact) mass is 882 g/mol. The molecular formula is C47H54HfSi3. The fourth-order valence-electron chi connectivity index (χ4n) is 7.40. The molecule has 7 rings (SSSR count). The van der Waals surface area contributed by atoms with E-state index in [4.69, 9.17) is 0 Å². The number of benzene rings is 5. The van der Waals surface area contributed by atoms with Crippen LogP contribution in [-0.4, -0.2) is 24.2 Å². The molecule has 0 spiro atoms. The molecule has 0 aromatic heterocycles. The molecule has 7 aromatic carbocycles. The van der Waals surface area contributed by atoms with Crippen LogP contribution in [-0.2, 0) is 32.3 Å². The van der Waals surface area contributed by atoms with E-state index in [1.165, 1.54) is 76.2 Å². The van der Waals surface area contributed by atoms with Gasteiger partial charge in [0, 0.05) is 0 Å². The minimum atomic E-state index is -2.15. The minimum absolute atomic E-state index is 0. The summed E-state index contributed by atoms with van der Waals surface area (Å²) in [6.45, 7) is 17.2. The summed E-state index contributed by atoms with van der Waals surface area (Å²) in [5, 5.41) is 11.6. The second-order valence-electron chi connectivity index (χ2n) is 16.1. The second-order valence-corrected chi connectivity index (χ2v) is 30.6. The molecule has 0 aliphatic rings. The summed E-state index contributed by atoms with van der Waals surface area (Å²) >= 11 is 0. The molecule has 0 aliphatic heterocycles. The van der Waals surface area contributed by atoms with Crippen LogP contribution in [0.3, 0.4) is 0 Å². The van der Waals surface area contributed by atoms with Crippen LogP contribution in [0.1, 0.15) is 5.56 Å². The van der Waals surface area contributed by atoms with Gasteiger partial charge in [0.2, 0.25) is 0 Å². The van der Waals surface area contributed by atoms with Crippen LogP contribution in [0.15, 0.2) is 140 Å². The first kappa shape index (κ1) is 40.6. The van der Waals surface area contributed by atoms with Gasteiger partial charge in [0.25, 0.3) is 0 Å². The van der Waals surface area contributed by atoms with Crippen LogP contribution in [0, 0.1) is 14.9 Å². The topological polar surface area (TPSA) is 0 Å². The molecule has 4 heteroatoms. The molecule has 0 nitrogen and oxygen atoms in total. The van der Waals surface area contributed by atoms with Gasteiger partial charge in [0.05, 0.1) is 24.2 Å². The van der Waals surface area contributed by atoms with Gasteiger partial charge in [-0.25, -0.2) is 0 Å². The summed E-state index contributed by atoms with van der Waals surface area (Å²) < 4.78 is 0. The number of fused-ring (bicyclic) bond motifs is 2. The molecule has 0 bridgehead atoms. The smallest absolute Gasteiger partial charge is 0.358 e. The van der Waals surface area contributed by atoms with E-state index < -0.39 is 24.2 Å². The average Bonchev–Trinajstić information content (AvgIpc) is 3.73. The molecule has 7 aromatic rings. The Labute approximate surface area is 330 Å². The molecule has 0 aliphatic carbocycles. The van der Waals surface area contributed by atoms with Gasteiger partial charge in [-0.2, -0.15) is 12.1 Å². The maximum Gasteiger partial charge on any atom is 4.00 e. The van der Waals surface area contributed by atoms with Crippen molar-refractivity contribution in [1.82, 2.24) is 0 Å². The maximum absolute atomic E-state index is 2.61. The quantitative estimate of drug-likeness (QED) is 0.100. The van der Waals surface area contributed by atoms with Gasteiger partial charge < -0.3 is 14.9 Å². The van der Waals surface area contributed by atoms with E-state index in [1.54, 1.807) is 0 Å². The summed E-state index contributed by atoms with van der Waals surface area (Å²) in [7, 11) is -4.85. The molecule has 0 heterocycles. The van der Waals surface area contributed by atoms with Gasteiger partial charge in [0.1, 0.15) is 0 Å². The summed E-state index contributed by atoms with van der Waals surface area (Å²) in [5.74, 6) is 0. The normalized spacial score (nSPS) is 11.9. The Kier molecular flexibility index (Phi) is 12.6. The molecule has 258 valence electrons. The van der Waals surface area contributed by atoms with E-state index in [0.29, 0.717) is 0 Å². The summed E-state index contributed by atoms with van der Waals surface area (Å²) in [5.41, 5.74) is 6.75. The SMILES string of the molecule is C[Si](C)(C)c1ccc(-c2cccc3[cH-]c([Si](C)(CCc4ccccc4)c4cc5c(-c6ccc([Si](C)(C)C)cc6)cccc5[cH-]4)cc23)cc1.[CH3-].[CH3-].[Hf+4]. The van der Waals surface area contributed by atoms with E-state index in [9.17, 15) is 0 Å². The number of rotatable bonds is 9. The Hall–Kier alpha value is -3.16. The molecule has 0 saturated carbocycles. The first-order chi connectivity index (χ1) is 22.9. The predicted molar refractivity (Wildman–Crippen MR) is 235 cm³/mol. The number of hydrogen-bond acceptors (Lipinski definition) is 0. The van der Waals surface area contributed by atoms with Crippen LogP contribution in [0.25, 0.3) is 43.8 Å². The van der Waals surface area contributed by atoms with Crippen molar-refractivity contribution in [3.63, 3.8) is 0 Å². The zero-order chi connectivity index (χ0) is 33.7.